The zero-order chi connectivity index (χ0) is 8.97. The number of ketones is 2. The average molecular weight is 168 g/mol. The van der Waals surface area contributed by atoms with Crippen molar-refractivity contribution in [2.45, 2.75) is 45.4 Å². The van der Waals surface area contributed by atoms with E-state index < -0.39 is 0 Å². The van der Waals surface area contributed by atoms with Crippen LogP contribution in [0.3, 0.4) is 0 Å². The molecule has 1 aliphatic rings. The summed E-state index contributed by atoms with van der Waals surface area (Å²) in [7, 11) is 0. The first-order chi connectivity index (χ1) is 5.74. The zero-order valence-corrected chi connectivity index (χ0v) is 7.64. The summed E-state index contributed by atoms with van der Waals surface area (Å²) < 4.78 is 0. The van der Waals surface area contributed by atoms with E-state index in [1.165, 1.54) is 0 Å². The molecule has 68 valence electrons. The van der Waals surface area contributed by atoms with Gasteiger partial charge >= 0.3 is 0 Å². The summed E-state index contributed by atoms with van der Waals surface area (Å²) in [5.74, 6) is 0.632. The molecule has 0 aromatic rings. The summed E-state index contributed by atoms with van der Waals surface area (Å²) in [5, 5.41) is 0. The Morgan fingerprint density at radius 2 is 2.33 bits per heavy atom. The lowest BCUT2D eigenvalue weighted by atomic mass is 9.84. The van der Waals surface area contributed by atoms with Crippen molar-refractivity contribution < 1.29 is 9.59 Å². The Morgan fingerprint density at radius 3 is 2.92 bits per heavy atom. The second-order valence-corrected chi connectivity index (χ2v) is 3.55. The normalized spacial score (nSPS) is 24.1. The highest BCUT2D eigenvalue weighted by Crippen LogP contribution is 2.23. The maximum Gasteiger partial charge on any atom is 0.136 e. The van der Waals surface area contributed by atoms with Gasteiger partial charge < -0.3 is 0 Å². The van der Waals surface area contributed by atoms with Crippen LogP contribution < -0.4 is 0 Å². The van der Waals surface area contributed by atoms with Crippen LogP contribution in [0, 0.1) is 5.92 Å². The molecular formula is C10H16O2. The minimum atomic E-state index is 0.0613. The number of hydrogen-bond donors (Lipinski definition) is 0. The van der Waals surface area contributed by atoms with Crippen LogP contribution >= 0.6 is 0 Å². The van der Waals surface area contributed by atoms with Gasteiger partial charge in [-0.3, -0.25) is 9.59 Å². The minimum absolute atomic E-state index is 0.0613. The fraction of sp³-hybridized carbons (Fsp3) is 0.800. The Kier molecular flexibility index (Phi) is 3.45. The first-order valence-corrected chi connectivity index (χ1v) is 4.78. The van der Waals surface area contributed by atoms with Gasteiger partial charge in [0.15, 0.2) is 0 Å². The molecule has 0 aromatic carbocycles. The van der Waals surface area contributed by atoms with Gasteiger partial charge in [-0.05, 0) is 19.3 Å². The molecule has 0 aliphatic heterocycles. The molecule has 2 heteroatoms. The highest BCUT2D eigenvalue weighted by atomic mass is 16.1. The number of Topliss-reactive ketones (excluding diaryl/α,β-unsaturated/α-hetero) is 2. The van der Waals surface area contributed by atoms with Crippen molar-refractivity contribution in [1.29, 1.82) is 0 Å². The zero-order valence-electron chi connectivity index (χ0n) is 7.64. The van der Waals surface area contributed by atoms with E-state index in [0.29, 0.717) is 25.0 Å². The Hall–Kier alpha value is -0.660. The molecule has 0 spiro atoms. The summed E-state index contributed by atoms with van der Waals surface area (Å²) >= 11 is 0. The Labute approximate surface area is 73.3 Å². The van der Waals surface area contributed by atoms with Crippen molar-refractivity contribution in [3.05, 3.63) is 0 Å². The predicted molar refractivity (Wildman–Crippen MR) is 46.9 cm³/mol. The van der Waals surface area contributed by atoms with Gasteiger partial charge in [-0.25, -0.2) is 0 Å². The Morgan fingerprint density at radius 1 is 1.58 bits per heavy atom. The molecule has 0 N–H and O–H groups in total. The smallest absolute Gasteiger partial charge is 0.136 e. The molecule has 1 saturated carbocycles. The van der Waals surface area contributed by atoms with Crippen LogP contribution in [0.1, 0.15) is 45.4 Å². The van der Waals surface area contributed by atoms with Gasteiger partial charge in [0.1, 0.15) is 11.6 Å². The molecule has 1 fully saturated rings. The SMILES string of the molecule is CCCC(=O)C1CCCC(=O)C1. The van der Waals surface area contributed by atoms with E-state index in [0.717, 1.165) is 19.3 Å². The Balaban J connectivity index is 2.40. The van der Waals surface area contributed by atoms with E-state index in [1.54, 1.807) is 0 Å². The Bertz CT molecular complexity index is 184. The van der Waals surface area contributed by atoms with Gasteiger partial charge in [-0.1, -0.05) is 6.92 Å². The molecule has 1 unspecified atom stereocenters. The minimum Gasteiger partial charge on any atom is -0.300 e. The van der Waals surface area contributed by atoms with E-state index in [9.17, 15) is 9.59 Å². The summed E-state index contributed by atoms with van der Waals surface area (Å²) in [6.45, 7) is 2.00. The predicted octanol–water partition coefficient (Wildman–Crippen LogP) is 2.11. The molecule has 0 heterocycles. The standard InChI is InChI=1S/C10H16O2/c1-2-4-10(12)8-5-3-6-9(11)7-8/h8H,2-7H2,1H3. The largest absolute Gasteiger partial charge is 0.300 e. The third kappa shape index (κ3) is 2.43. The molecule has 0 saturated heterocycles. The third-order valence-corrected chi connectivity index (χ3v) is 2.43. The highest BCUT2D eigenvalue weighted by Gasteiger charge is 2.24. The maximum atomic E-state index is 11.4. The monoisotopic (exact) mass is 168 g/mol. The van der Waals surface area contributed by atoms with E-state index in [1.807, 2.05) is 6.92 Å². The van der Waals surface area contributed by atoms with Crippen molar-refractivity contribution in [2.24, 2.45) is 5.92 Å². The molecule has 0 amide bonds. The van der Waals surface area contributed by atoms with Gasteiger partial charge in [-0.2, -0.15) is 0 Å². The van der Waals surface area contributed by atoms with Crippen LogP contribution in [-0.4, -0.2) is 11.6 Å². The summed E-state index contributed by atoms with van der Waals surface area (Å²) in [6.07, 6.45) is 4.61. The van der Waals surface area contributed by atoms with Gasteiger partial charge in [0.2, 0.25) is 0 Å². The molecule has 1 aliphatic carbocycles. The lowest BCUT2D eigenvalue weighted by Crippen LogP contribution is -2.22. The van der Waals surface area contributed by atoms with Gasteiger partial charge in [-0.15, -0.1) is 0 Å². The lowest BCUT2D eigenvalue weighted by Gasteiger charge is -2.18. The van der Waals surface area contributed by atoms with Crippen LogP contribution in [0.15, 0.2) is 0 Å². The van der Waals surface area contributed by atoms with Gasteiger partial charge in [0.25, 0.3) is 0 Å². The molecule has 2 nitrogen and oxygen atoms in total. The first-order valence-electron chi connectivity index (χ1n) is 4.78. The van der Waals surface area contributed by atoms with Crippen molar-refractivity contribution in [3.8, 4) is 0 Å². The van der Waals surface area contributed by atoms with Crippen molar-refractivity contribution in [1.82, 2.24) is 0 Å². The second kappa shape index (κ2) is 4.39. The lowest BCUT2D eigenvalue weighted by molar-refractivity contribution is -0.130. The van der Waals surface area contributed by atoms with Crippen LogP contribution in [-0.2, 0) is 9.59 Å². The summed E-state index contributed by atoms with van der Waals surface area (Å²) in [4.78, 5) is 22.4. The molecule has 1 atom stereocenters. The van der Waals surface area contributed by atoms with Gasteiger partial charge in [0, 0.05) is 25.2 Å². The van der Waals surface area contributed by atoms with E-state index >= 15 is 0 Å². The molecule has 12 heavy (non-hydrogen) atoms. The topological polar surface area (TPSA) is 34.1 Å². The quantitative estimate of drug-likeness (QED) is 0.646. The van der Waals surface area contributed by atoms with E-state index in [-0.39, 0.29) is 11.7 Å². The maximum absolute atomic E-state index is 11.4. The first kappa shape index (κ1) is 9.43. The number of hydrogen-bond acceptors (Lipinski definition) is 2. The second-order valence-electron chi connectivity index (χ2n) is 3.55. The number of carbonyl (C=O) groups is 2. The van der Waals surface area contributed by atoms with Crippen molar-refractivity contribution >= 4 is 11.6 Å². The fourth-order valence-electron chi connectivity index (χ4n) is 1.75. The average Bonchev–Trinajstić information content (AvgIpc) is 2.05. The third-order valence-electron chi connectivity index (χ3n) is 2.43. The van der Waals surface area contributed by atoms with Crippen LogP contribution in [0.25, 0.3) is 0 Å². The molecule has 0 bridgehead atoms. The van der Waals surface area contributed by atoms with Crippen LogP contribution in [0.5, 0.6) is 0 Å². The van der Waals surface area contributed by atoms with Crippen LogP contribution in [0.4, 0.5) is 0 Å². The van der Waals surface area contributed by atoms with Crippen molar-refractivity contribution in [3.63, 3.8) is 0 Å². The highest BCUT2D eigenvalue weighted by molar-refractivity contribution is 5.88. The van der Waals surface area contributed by atoms with E-state index in [4.69, 9.17) is 0 Å². The number of rotatable bonds is 3. The van der Waals surface area contributed by atoms with Crippen LogP contribution in [0.2, 0.25) is 0 Å². The van der Waals surface area contributed by atoms with Crippen molar-refractivity contribution in [2.75, 3.05) is 0 Å². The summed E-state index contributed by atoms with van der Waals surface area (Å²) in [6, 6.07) is 0. The van der Waals surface area contributed by atoms with E-state index in [2.05, 4.69) is 0 Å². The summed E-state index contributed by atoms with van der Waals surface area (Å²) in [5.41, 5.74) is 0. The molecule has 0 radical (unpaired) electrons. The number of carbonyl (C=O) groups excluding carboxylic acids is 2. The molecular weight excluding hydrogens is 152 g/mol. The van der Waals surface area contributed by atoms with Gasteiger partial charge in [0.05, 0.1) is 0 Å². The molecule has 1 rings (SSSR count). The fourth-order valence-corrected chi connectivity index (χ4v) is 1.75. The molecule has 0 aromatic heterocycles.